The summed E-state index contributed by atoms with van der Waals surface area (Å²) in [6.07, 6.45) is -2.46. The van der Waals surface area contributed by atoms with Crippen LogP contribution in [0.15, 0.2) is 48.7 Å². The third kappa shape index (κ3) is 4.56. The second-order valence-corrected chi connectivity index (χ2v) is 5.95. The maximum Gasteiger partial charge on any atom is 0.433 e. The van der Waals surface area contributed by atoms with Crippen LogP contribution in [0.2, 0.25) is 0 Å². The van der Waals surface area contributed by atoms with Crippen molar-refractivity contribution >= 4 is 22.8 Å². The Hall–Kier alpha value is -3.07. The highest BCUT2D eigenvalue weighted by molar-refractivity contribution is 5.88. The highest BCUT2D eigenvalue weighted by atomic mass is 19.4. The molecule has 0 saturated heterocycles. The number of fused-ring (bicyclic) bond motifs is 1. The molecule has 1 atom stereocenters. The maximum atomic E-state index is 12.7. The maximum absolute atomic E-state index is 12.7. The SMILES string of the molecule is O=C(Nc1cccc(C(F)(F)F)n1)NC(CO)Cc1c[nH]c2ccccc12. The van der Waals surface area contributed by atoms with Gasteiger partial charge in [0, 0.05) is 17.1 Å². The van der Waals surface area contributed by atoms with E-state index < -0.39 is 23.9 Å². The first-order valence-corrected chi connectivity index (χ1v) is 8.14. The molecule has 9 heteroatoms. The third-order valence-corrected chi connectivity index (χ3v) is 3.98. The number of carbonyl (C=O) groups excluding carboxylic acids is 1. The van der Waals surface area contributed by atoms with Crippen LogP contribution in [-0.2, 0) is 12.6 Å². The minimum atomic E-state index is -4.60. The molecule has 142 valence electrons. The van der Waals surface area contributed by atoms with Gasteiger partial charge in [-0.15, -0.1) is 0 Å². The fourth-order valence-electron chi connectivity index (χ4n) is 2.73. The molecule has 0 aliphatic carbocycles. The molecule has 6 nitrogen and oxygen atoms in total. The number of aromatic amines is 1. The zero-order chi connectivity index (χ0) is 19.4. The number of hydrogen-bond acceptors (Lipinski definition) is 3. The summed E-state index contributed by atoms with van der Waals surface area (Å²) in [5.41, 5.74) is 0.738. The lowest BCUT2D eigenvalue weighted by molar-refractivity contribution is -0.141. The summed E-state index contributed by atoms with van der Waals surface area (Å²) < 4.78 is 38.0. The van der Waals surface area contributed by atoms with E-state index in [1.165, 1.54) is 6.07 Å². The predicted octanol–water partition coefficient (Wildman–Crippen LogP) is 3.31. The number of rotatable bonds is 5. The summed E-state index contributed by atoms with van der Waals surface area (Å²) in [4.78, 5) is 18.5. The summed E-state index contributed by atoms with van der Waals surface area (Å²) in [6, 6.07) is 9.46. The second kappa shape index (κ2) is 7.67. The van der Waals surface area contributed by atoms with Gasteiger partial charge in [-0.3, -0.25) is 5.32 Å². The normalized spacial score (nSPS) is 12.7. The van der Waals surface area contributed by atoms with E-state index in [1.807, 2.05) is 24.3 Å². The van der Waals surface area contributed by atoms with Gasteiger partial charge in [0.25, 0.3) is 0 Å². The van der Waals surface area contributed by atoms with Crippen LogP contribution in [0.3, 0.4) is 0 Å². The molecule has 2 aromatic heterocycles. The molecule has 27 heavy (non-hydrogen) atoms. The van der Waals surface area contributed by atoms with Crippen molar-refractivity contribution < 1.29 is 23.1 Å². The Morgan fingerprint density at radius 1 is 1.19 bits per heavy atom. The smallest absolute Gasteiger partial charge is 0.394 e. The number of aliphatic hydroxyl groups excluding tert-OH is 1. The number of carbonyl (C=O) groups is 1. The Bertz CT molecular complexity index is 940. The van der Waals surface area contributed by atoms with E-state index in [2.05, 4.69) is 20.6 Å². The van der Waals surface area contributed by atoms with Crippen molar-refractivity contribution in [1.82, 2.24) is 15.3 Å². The first-order valence-electron chi connectivity index (χ1n) is 8.14. The fraction of sp³-hybridized carbons (Fsp3) is 0.222. The summed E-state index contributed by atoms with van der Waals surface area (Å²) in [6.45, 7) is -0.330. The molecule has 1 aromatic carbocycles. The summed E-state index contributed by atoms with van der Waals surface area (Å²) in [5, 5.41) is 15.3. The lowest BCUT2D eigenvalue weighted by Crippen LogP contribution is -2.41. The fourth-order valence-corrected chi connectivity index (χ4v) is 2.73. The molecular formula is C18H17F3N4O2. The van der Waals surface area contributed by atoms with Crippen molar-refractivity contribution in [2.45, 2.75) is 18.6 Å². The van der Waals surface area contributed by atoms with Crippen LogP contribution < -0.4 is 10.6 Å². The van der Waals surface area contributed by atoms with Gasteiger partial charge in [0.05, 0.1) is 12.6 Å². The number of para-hydroxylation sites is 1. The Kier molecular flexibility index (Phi) is 5.31. The van der Waals surface area contributed by atoms with E-state index in [0.29, 0.717) is 6.42 Å². The van der Waals surface area contributed by atoms with Crippen LogP contribution >= 0.6 is 0 Å². The van der Waals surface area contributed by atoms with Gasteiger partial charge in [0.1, 0.15) is 11.5 Å². The summed E-state index contributed by atoms with van der Waals surface area (Å²) >= 11 is 0. The van der Waals surface area contributed by atoms with Crippen LogP contribution in [0.1, 0.15) is 11.3 Å². The number of nitrogens with one attached hydrogen (secondary N) is 3. The average Bonchev–Trinajstić information content (AvgIpc) is 3.03. The molecule has 0 radical (unpaired) electrons. The number of halogens is 3. The number of amides is 2. The monoisotopic (exact) mass is 378 g/mol. The van der Waals surface area contributed by atoms with E-state index >= 15 is 0 Å². The van der Waals surface area contributed by atoms with E-state index in [9.17, 15) is 23.1 Å². The van der Waals surface area contributed by atoms with Crippen molar-refractivity contribution in [2.75, 3.05) is 11.9 Å². The van der Waals surface area contributed by atoms with Crippen molar-refractivity contribution in [3.05, 3.63) is 59.9 Å². The van der Waals surface area contributed by atoms with Gasteiger partial charge in [-0.25, -0.2) is 9.78 Å². The molecule has 0 saturated carbocycles. The minimum Gasteiger partial charge on any atom is -0.394 e. The zero-order valence-corrected chi connectivity index (χ0v) is 14.0. The minimum absolute atomic E-state index is 0.230. The number of nitrogens with zero attached hydrogens (tertiary/aromatic N) is 1. The topological polar surface area (TPSA) is 90.0 Å². The standard InChI is InChI=1S/C18H17F3N4O2/c19-18(20,21)15-6-3-7-16(24-15)25-17(27)23-12(10-26)8-11-9-22-14-5-2-1-4-13(11)14/h1-7,9,12,22,26H,8,10H2,(H2,23,24,25,27). The highest BCUT2D eigenvalue weighted by Crippen LogP contribution is 2.28. The van der Waals surface area contributed by atoms with E-state index in [0.717, 1.165) is 28.6 Å². The molecule has 0 fully saturated rings. The third-order valence-electron chi connectivity index (χ3n) is 3.98. The van der Waals surface area contributed by atoms with Crippen LogP contribution in [0.5, 0.6) is 0 Å². The Balaban J connectivity index is 1.65. The van der Waals surface area contributed by atoms with Crippen LogP contribution in [-0.4, -0.2) is 33.8 Å². The quantitative estimate of drug-likeness (QED) is 0.549. The van der Waals surface area contributed by atoms with Gasteiger partial charge in [-0.05, 0) is 30.2 Å². The molecule has 2 heterocycles. The van der Waals surface area contributed by atoms with Crippen LogP contribution in [0, 0.1) is 0 Å². The van der Waals surface area contributed by atoms with Crippen LogP contribution in [0.25, 0.3) is 10.9 Å². The van der Waals surface area contributed by atoms with Crippen molar-refractivity contribution in [3.8, 4) is 0 Å². The van der Waals surface area contributed by atoms with Gasteiger partial charge >= 0.3 is 12.2 Å². The number of alkyl halides is 3. The molecular weight excluding hydrogens is 361 g/mol. The average molecular weight is 378 g/mol. The molecule has 3 aromatic rings. The number of aromatic nitrogens is 2. The van der Waals surface area contributed by atoms with E-state index in [4.69, 9.17) is 0 Å². The number of hydrogen-bond donors (Lipinski definition) is 4. The van der Waals surface area contributed by atoms with Gasteiger partial charge in [-0.1, -0.05) is 24.3 Å². The van der Waals surface area contributed by atoms with Crippen molar-refractivity contribution in [2.24, 2.45) is 0 Å². The lowest BCUT2D eigenvalue weighted by atomic mass is 10.1. The molecule has 0 spiro atoms. The predicted molar refractivity (Wildman–Crippen MR) is 94.3 cm³/mol. The molecule has 0 bridgehead atoms. The van der Waals surface area contributed by atoms with Crippen LogP contribution in [0.4, 0.5) is 23.8 Å². The Morgan fingerprint density at radius 3 is 2.70 bits per heavy atom. The second-order valence-electron chi connectivity index (χ2n) is 5.95. The number of benzene rings is 1. The number of H-pyrrole nitrogens is 1. The Morgan fingerprint density at radius 2 is 1.96 bits per heavy atom. The molecule has 1 unspecified atom stereocenters. The first kappa shape index (κ1) is 18.7. The largest absolute Gasteiger partial charge is 0.433 e. The summed E-state index contributed by atoms with van der Waals surface area (Å²) in [7, 11) is 0. The van der Waals surface area contributed by atoms with Gasteiger partial charge < -0.3 is 15.4 Å². The van der Waals surface area contributed by atoms with E-state index in [1.54, 1.807) is 6.20 Å². The molecule has 4 N–H and O–H groups in total. The number of pyridine rings is 1. The molecule has 2 amide bonds. The van der Waals surface area contributed by atoms with Gasteiger partial charge in [0.2, 0.25) is 0 Å². The molecule has 0 aliphatic heterocycles. The number of urea groups is 1. The lowest BCUT2D eigenvalue weighted by Gasteiger charge is -2.16. The van der Waals surface area contributed by atoms with E-state index in [-0.39, 0.29) is 12.4 Å². The summed E-state index contributed by atoms with van der Waals surface area (Å²) in [5.74, 6) is -0.230. The molecule has 3 rings (SSSR count). The number of aliphatic hydroxyl groups is 1. The van der Waals surface area contributed by atoms with Crippen molar-refractivity contribution in [1.29, 1.82) is 0 Å². The Labute approximate surface area is 152 Å². The van der Waals surface area contributed by atoms with Gasteiger partial charge in [0.15, 0.2) is 0 Å². The number of anilines is 1. The first-order chi connectivity index (χ1) is 12.9. The van der Waals surface area contributed by atoms with Crippen molar-refractivity contribution in [3.63, 3.8) is 0 Å². The zero-order valence-electron chi connectivity index (χ0n) is 14.0. The highest BCUT2D eigenvalue weighted by Gasteiger charge is 2.32. The molecule has 0 aliphatic rings. The van der Waals surface area contributed by atoms with Gasteiger partial charge in [-0.2, -0.15) is 13.2 Å².